The second-order valence-electron chi connectivity index (χ2n) is 14.4. The summed E-state index contributed by atoms with van der Waals surface area (Å²) in [5.74, 6) is 5.67. The first kappa shape index (κ1) is 22.2. The first-order chi connectivity index (χ1) is 13.4. The molecule has 0 spiro atoms. The van der Waals surface area contributed by atoms with Crippen LogP contribution in [0.3, 0.4) is 0 Å². The fourth-order valence-corrected chi connectivity index (χ4v) is 8.69. The third kappa shape index (κ3) is 3.96. The van der Waals surface area contributed by atoms with Crippen LogP contribution in [0.1, 0.15) is 113 Å². The number of nitrogens with one attached hydrogen (secondary N) is 1. The SMILES string of the molecule is CC(C)(C)C1CCC2C3CCC(C(C)(C)C)NC3C(C(C)(C)C3CCCC3)C2C1. The summed E-state index contributed by atoms with van der Waals surface area (Å²) in [6, 6.07) is 1.47. The minimum absolute atomic E-state index is 0.384. The fraction of sp³-hybridized carbons (Fsp3) is 1.00. The van der Waals surface area contributed by atoms with Gasteiger partial charge in [0.15, 0.2) is 0 Å². The lowest BCUT2D eigenvalue weighted by atomic mass is 9.58. The van der Waals surface area contributed by atoms with Crippen LogP contribution in [-0.2, 0) is 0 Å². The van der Waals surface area contributed by atoms with Crippen molar-refractivity contribution in [3.8, 4) is 0 Å². The lowest BCUT2D eigenvalue weighted by molar-refractivity contribution is 0.0153. The van der Waals surface area contributed by atoms with E-state index in [4.69, 9.17) is 0 Å². The number of rotatable bonds is 2. The van der Waals surface area contributed by atoms with E-state index in [0.717, 1.165) is 41.5 Å². The van der Waals surface area contributed by atoms with Gasteiger partial charge in [-0.3, -0.25) is 0 Å². The van der Waals surface area contributed by atoms with Gasteiger partial charge < -0.3 is 5.32 Å². The number of hydrogen-bond acceptors (Lipinski definition) is 1. The Kier molecular flexibility index (Phi) is 5.75. The molecule has 1 heteroatoms. The summed E-state index contributed by atoms with van der Waals surface area (Å²) in [6.07, 6.45) is 13.3. The van der Waals surface area contributed by atoms with E-state index in [1.165, 1.54) is 57.8 Å². The Bertz CT molecular complexity index is 532. The van der Waals surface area contributed by atoms with Crippen LogP contribution < -0.4 is 5.32 Å². The number of fused-ring (bicyclic) bond motifs is 3. The Morgan fingerprint density at radius 2 is 1.21 bits per heavy atom. The molecule has 4 aliphatic rings. The zero-order valence-electron chi connectivity index (χ0n) is 21.0. The fourth-order valence-electron chi connectivity index (χ4n) is 8.69. The average molecular weight is 402 g/mol. The molecule has 3 saturated carbocycles. The Hall–Kier alpha value is -0.0400. The van der Waals surface area contributed by atoms with Crippen LogP contribution in [0.15, 0.2) is 0 Å². The maximum atomic E-state index is 4.34. The predicted octanol–water partition coefficient (Wildman–Crippen LogP) is 7.69. The third-order valence-corrected chi connectivity index (χ3v) is 10.5. The van der Waals surface area contributed by atoms with Crippen molar-refractivity contribution in [2.24, 2.45) is 51.8 Å². The topological polar surface area (TPSA) is 12.0 Å². The number of piperidine rings is 1. The van der Waals surface area contributed by atoms with Crippen molar-refractivity contribution < 1.29 is 0 Å². The van der Waals surface area contributed by atoms with E-state index in [9.17, 15) is 0 Å². The normalized spacial score (nSPS) is 42.0. The van der Waals surface area contributed by atoms with Gasteiger partial charge in [0, 0.05) is 12.1 Å². The molecule has 1 aliphatic heterocycles. The summed E-state index contributed by atoms with van der Waals surface area (Å²) in [4.78, 5) is 0. The van der Waals surface area contributed by atoms with Gasteiger partial charge in [0.05, 0.1) is 0 Å². The molecule has 3 aliphatic carbocycles. The zero-order valence-corrected chi connectivity index (χ0v) is 21.0. The Labute approximate surface area is 182 Å². The van der Waals surface area contributed by atoms with E-state index in [1.807, 2.05) is 0 Å². The van der Waals surface area contributed by atoms with Crippen molar-refractivity contribution in [2.75, 3.05) is 0 Å². The van der Waals surface area contributed by atoms with Crippen LogP contribution >= 0.6 is 0 Å². The van der Waals surface area contributed by atoms with Crippen LogP contribution in [0.5, 0.6) is 0 Å². The lowest BCUT2D eigenvalue weighted by Crippen LogP contribution is -2.56. The molecule has 168 valence electrons. The van der Waals surface area contributed by atoms with Gasteiger partial charge in [0.25, 0.3) is 0 Å². The molecule has 0 bridgehead atoms. The van der Waals surface area contributed by atoms with Crippen molar-refractivity contribution in [1.82, 2.24) is 5.32 Å². The number of hydrogen-bond donors (Lipinski definition) is 1. The highest BCUT2D eigenvalue weighted by molar-refractivity contribution is 5.11. The summed E-state index contributed by atoms with van der Waals surface area (Å²) in [5.41, 5.74) is 1.35. The molecule has 4 rings (SSSR count). The molecular weight excluding hydrogens is 350 g/mol. The van der Waals surface area contributed by atoms with Gasteiger partial charge in [-0.05, 0) is 96.7 Å². The first-order valence-corrected chi connectivity index (χ1v) is 13.2. The molecular formula is C28H51N. The maximum Gasteiger partial charge on any atom is 0.0137 e. The molecule has 29 heavy (non-hydrogen) atoms. The van der Waals surface area contributed by atoms with E-state index < -0.39 is 0 Å². The van der Waals surface area contributed by atoms with Crippen molar-refractivity contribution >= 4 is 0 Å². The van der Waals surface area contributed by atoms with E-state index >= 15 is 0 Å². The molecule has 7 unspecified atom stereocenters. The summed E-state index contributed by atoms with van der Waals surface area (Å²) < 4.78 is 0. The minimum atomic E-state index is 0.384. The predicted molar refractivity (Wildman–Crippen MR) is 126 cm³/mol. The quantitative estimate of drug-likeness (QED) is 0.500. The smallest absolute Gasteiger partial charge is 0.0137 e. The Morgan fingerprint density at radius 3 is 1.79 bits per heavy atom. The summed E-state index contributed by atoms with van der Waals surface area (Å²) in [6.45, 7) is 20.3. The van der Waals surface area contributed by atoms with Crippen LogP contribution in [0.4, 0.5) is 0 Å². The second-order valence-corrected chi connectivity index (χ2v) is 14.4. The highest BCUT2D eigenvalue weighted by Gasteiger charge is 2.59. The third-order valence-electron chi connectivity index (χ3n) is 10.5. The highest BCUT2D eigenvalue weighted by atomic mass is 15.0. The summed E-state index contributed by atoms with van der Waals surface area (Å²) in [5, 5.41) is 4.34. The van der Waals surface area contributed by atoms with Crippen LogP contribution in [-0.4, -0.2) is 12.1 Å². The van der Waals surface area contributed by atoms with E-state index in [2.05, 4.69) is 60.7 Å². The summed E-state index contributed by atoms with van der Waals surface area (Å²) in [7, 11) is 0. The second kappa shape index (κ2) is 7.53. The van der Waals surface area contributed by atoms with Crippen molar-refractivity contribution in [1.29, 1.82) is 0 Å². The van der Waals surface area contributed by atoms with Gasteiger partial charge in [-0.1, -0.05) is 68.2 Å². The van der Waals surface area contributed by atoms with Gasteiger partial charge in [-0.25, -0.2) is 0 Å². The minimum Gasteiger partial charge on any atom is -0.310 e. The standard InChI is InChI=1S/C28H51N/c1-26(2,3)19-13-14-20-21-15-16-23(27(4,5)6)29-25(21)24(22(20)17-19)28(7,8)18-11-9-10-12-18/h18-25,29H,9-17H2,1-8H3. The molecule has 1 heterocycles. The maximum absolute atomic E-state index is 4.34. The largest absolute Gasteiger partial charge is 0.310 e. The van der Waals surface area contributed by atoms with Gasteiger partial charge in [0.2, 0.25) is 0 Å². The van der Waals surface area contributed by atoms with Crippen LogP contribution in [0.2, 0.25) is 0 Å². The Balaban J connectivity index is 1.66. The van der Waals surface area contributed by atoms with Gasteiger partial charge in [-0.2, -0.15) is 0 Å². The van der Waals surface area contributed by atoms with Crippen molar-refractivity contribution in [2.45, 2.75) is 125 Å². The average Bonchev–Trinajstić information content (AvgIpc) is 3.26. The highest BCUT2D eigenvalue weighted by Crippen LogP contribution is 2.62. The monoisotopic (exact) mass is 401 g/mol. The van der Waals surface area contributed by atoms with E-state index in [0.29, 0.717) is 22.3 Å². The van der Waals surface area contributed by atoms with Gasteiger partial charge in [-0.15, -0.1) is 0 Å². The Morgan fingerprint density at radius 1 is 0.586 bits per heavy atom. The molecule has 0 aromatic rings. The summed E-state index contributed by atoms with van der Waals surface area (Å²) >= 11 is 0. The molecule has 0 aromatic heterocycles. The van der Waals surface area contributed by atoms with E-state index in [1.54, 1.807) is 0 Å². The molecule has 1 nitrogen and oxygen atoms in total. The molecule has 0 amide bonds. The zero-order chi connectivity index (χ0) is 21.2. The van der Waals surface area contributed by atoms with Crippen LogP contribution in [0, 0.1) is 51.8 Å². The van der Waals surface area contributed by atoms with Crippen LogP contribution in [0.25, 0.3) is 0 Å². The molecule has 1 saturated heterocycles. The molecule has 4 fully saturated rings. The molecule has 0 radical (unpaired) electrons. The van der Waals surface area contributed by atoms with Gasteiger partial charge in [0.1, 0.15) is 0 Å². The molecule has 0 aromatic carbocycles. The molecule has 1 N–H and O–H groups in total. The first-order valence-electron chi connectivity index (χ1n) is 13.2. The van der Waals surface area contributed by atoms with Crippen molar-refractivity contribution in [3.05, 3.63) is 0 Å². The lowest BCUT2D eigenvalue weighted by Gasteiger charge is -2.49. The van der Waals surface area contributed by atoms with E-state index in [-0.39, 0.29) is 0 Å². The molecule has 7 atom stereocenters. The van der Waals surface area contributed by atoms with Crippen molar-refractivity contribution in [3.63, 3.8) is 0 Å². The van der Waals surface area contributed by atoms with Gasteiger partial charge >= 0.3 is 0 Å².